The van der Waals surface area contributed by atoms with Crippen LogP contribution in [0.25, 0.3) is 87.3 Å². The van der Waals surface area contributed by atoms with Crippen molar-refractivity contribution >= 4 is 82.1 Å². The fourth-order valence-electron chi connectivity index (χ4n) is 8.33. The van der Waals surface area contributed by atoms with Gasteiger partial charge in [0.25, 0.3) is 0 Å². The molecular formula is C52H33NO. The quantitative estimate of drug-likeness (QED) is 0.168. The largest absolute Gasteiger partial charge is 0.454 e. The molecule has 0 aliphatic rings. The lowest BCUT2D eigenvalue weighted by Crippen LogP contribution is -2.10. The van der Waals surface area contributed by atoms with E-state index in [2.05, 4.69) is 205 Å². The highest BCUT2D eigenvalue weighted by atomic mass is 16.3. The Hall–Kier alpha value is -7.16. The molecule has 2 heteroatoms. The van der Waals surface area contributed by atoms with E-state index in [9.17, 15) is 0 Å². The number of rotatable bonds is 5. The van der Waals surface area contributed by atoms with Gasteiger partial charge in [-0.2, -0.15) is 0 Å². The van der Waals surface area contributed by atoms with Crippen molar-refractivity contribution < 1.29 is 4.42 Å². The van der Waals surface area contributed by atoms with Gasteiger partial charge in [0, 0.05) is 22.1 Å². The number of fused-ring (bicyclic) bond motifs is 9. The maximum atomic E-state index is 6.78. The van der Waals surface area contributed by atoms with Crippen LogP contribution >= 0.6 is 0 Å². The highest BCUT2D eigenvalue weighted by Crippen LogP contribution is 2.44. The molecule has 0 spiro atoms. The zero-order valence-corrected chi connectivity index (χ0v) is 29.4. The molecule has 0 aliphatic heterocycles. The first-order chi connectivity index (χ1) is 26.7. The molecule has 11 aromatic rings. The van der Waals surface area contributed by atoms with Crippen LogP contribution in [0.2, 0.25) is 0 Å². The summed E-state index contributed by atoms with van der Waals surface area (Å²) in [4.78, 5) is 2.33. The molecule has 54 heavy (non-hydrogen) atoms. The molecule has 2 nitrogen and oxygen atoms in total. The minimum atomic E-state index is 0.867. The van der Waals surface area contributed by atoms with Crippen molar-refractivity contribution in [3.8, 4) is 22.3 Å². The average Bonchev–Trinajstić information content (AvgIpc) is 3.61. The number of anilines is 3. The van der Waals surface area contributed by atoms with Crippen LogP contribution in [-0.4, -0.2) is 0 Å². The van der Waals surface area contributed by atoms with Gasteiger partial charge in [0.05, 0.1) is 5.69 Å². The highest BCUT2D eigenvalue weighted by Gasteiger charge is 2.20. The summed E-state index contributed by atoms with van der Waals surface area (Å²) >= 11 is 0. The molecule has 0 radical (unpaired) electrons. The summed E-state index contributed by atoms with van der Waals surface area (Å²) in [6.45, 7) is 0. The molecular weight excluding hydrogens is 655 g/mol. The normalized spacial score (nSPS) is 11.7. The third kappa shape index (κ3) is 4.96. The summed E-state index contributed by atoms with van der Waals surface area (Å²) in [5.74, 6) is 0. The monoisotopic (exact) mass is 687 g/mol. The number of para-hydroxylation sites is 1. The van der Waals surface area contributed by atoms with Crippen LogP contribution in [0.4, 0.5) is 17.1 Å². The Balaban J connectivity index is 1.07. The molecule has 0 atom stereocenters. The van der Waals surface area contributed by atoms with Gasteiger partial charge in [-0.25, -0.2) is 0 Å². The molecule has 1 aromatic heterocycles. The zero-order chi connectivity index (χ0) is 35.6. The first kappa shape index (κ1) is 30.5. The van der Waals surface area contributed by atoms with Gasteiger partial charge < -0.3 is 9.32 Å². The van der Waals surface area contributed by atoms with E-state index < -0.39 is 0 Å². The van der Waals surface area contributed by atoms with Crippen molar-refractivity contribution in [2.45, 2.75) is 0 Å². The Morgan fingerprint density at radius 2 is 0.889 bits per heavy atom. The Bertz CT molecular complexity index is 3210. The van der Waals surface area contributed by atoms with Crippen LogP contribution in [0.1, 0.15) is 0 Å². The maximum Gasteiger partial charge on any atom is 0.159 e. The number of furan rings is 1. The van der Waals surface area contributed by atoms with Gasteiger partial charge in [-0.05, 0) is 114 Å². The molecule has 0 aliphatic carbocycles. The Morgan fingerprint density at radius 3 is 1.72 bits per heavy atom. The van der Waals surface area contributed by atoms with Gasteiger partial charge in [-0.1, -0.05) is 152 Å². The predicted octanol–water partition coefficient (Wildman–Crippen LogP) is 15.0. The molecule has 0 amide bonds. The van der Waals surface area contributed by atoms with Crippen molar-refractivity contribution in [1.29, 1.82) is 0 Å². The van der Waals surface area contributed by atoms with E-state index >= 15 is 0 Å². The summed E-state index contributed by atoms with van der Waals surface area (Å²) in [6.07, 6.45) is 0. The SMILES string of the molecule is c1ccc(-c2cccc(N(c3ccc(-c4ccc5ccc6c7ccccc7ccc6c5c4)cc3)c3cccc4c3oc3cc5ccccc5cc34)c2)cc1. The van der Waals surface area contributed by atoms with E-state index in [-0.39, 0.29) is 0 Å². The summed E-state index contributed by atoms with van der Waals surface area (Å²) < 4.78 is 6.78. The van der Waals surface area contributed by atoms with Crippen LogP contribution in [-0.2, 0) is 0 Å². The molecule has 0 fully saturated rings. The molecule has 252 valence electrons. The molecule has 1 heterocycles. The fraction of sp³-hybridized carbons (Fsp3) is 0. The summed E-state index contributed by atoms with van der Waals surface area (Å²) in [6, 6.07) is 72.2. The Kier molecular flexibility index (Phi) is 6.90. The van der Waals surface area contributed by atoms with E-state index in [0.717, 1.165) is 44.6 Å². The lowest BCUT2D eigenvalue weighted by atomic mass is 9.94. The van der Waals surface area contributed by atoms with E-state index in [1.54, 1.807) is 0 Å². The van der Waals surface area contributed by atoms with Crippen LogP contribution in [0.5, 0.6) is 0 Å². The minimum absolute atomic E-state index is 0.867. The third-order valence-electron chi connectivity index (χ3n) is 11.0. The predicted molar refractivity (Wildman–Crippen MR) is 229 cm³/mol. The van der Waals surface area contributed by atoms with Crippen molar-refractivity contribution in [1.82, 2.24) is 0 Å². The molecule has 10 aromatic carbocycles. The topological polar surface area (TPSA) is 16.4 Å². The molecule has 0 bridgehead atoms. The third-order valence-corrected chi connectivity index (χ3v) is 11.0. The zero-order valence-electron chi connectivity index (χ0n) is 29.4. The van der Waals surface area contributed by atoms with Crippen LogP contribution < -0.4 is 4.90 Å². The number of hydrogen-bond donors (Lipinski definition) is 0. The first-order valence-corrected chi connectivity index (χ1v) is 18.5. The van der Waals surface area contributed by atoms with Crippen molar-refractivity contribution in [2.24, 2.45) is 0 Å². The molecule has 0 N–H and O–H groups in total. The fourth-order valence-corrected chi connectivity index (χ4v) is 8.33. The van der Waals surface area contributed by atoms with Gasteiger partial charge in [0.15, 0.2) is 5.58 Å². The molecule has 0 unspecified atom stereocenters. The number of hydrogen-bond acceptors (Lipinski definition) is 2. The van der Waals surface area contributed by atoms with Gasteiger partial charge in [-0.15, -0.1) is 0 Å². The lowest BCUT2D eigenvalue weighted by Gasteiger charge is -2.26. The Labute approximate surface area is 312 Å². The number of benzene rings is 10. The summed E-state index contributed by atoms with van der Waals surface area (Å²) in [5.41, 5.74) is 9.58. The molecule has 0 saturated carbocycles. The van der Waals surface area contributed by atoms with Crippen LogP contribution in [0, 0.1) is 0 Å². The highest BCUT2D eigenvalue weighted by molar-refractivity contribution is 6.18. The van der Waals surface area contributed by atoms with Crippen molar-refractivity contribution in [3.63, 3.8) is 0 Å². The van der Waals surface area contributed by atoms with E-state index in [1.165, 1.54) is 59.8 Å². The smallest absolute Gasteiger partial charge is 0.159 e. The van der Waals surface area contributed by atoms with E-state index in [1.807, 2.05) is 0 Å². The van der Waals surface area contributed by atoms with Gasteiger partial charge in [0.1, 0.15) is 5.58 Å². The van der Waals surface area contributed by atoms with Crippen molar-refractivity contribution in [2.75, 3.05) is 4.90 Å². The second kappa shape index (κ2) is 12.2. The van der Waals surface area contributed by atoms with E-state index in [4.69, 9.17) is 4.42 Å². The van der Waals surface area contributed by atoms with E-state index in [0.29, 0.717) is 0 Å². The standard InChI is InChI=1S/C52H33NO/c1-2-10-34(11-3-1)38-15-8-16-43(30-38)53(50-19-9-18-47-49-32-39-13-4-5-14-40(39)33-51(49)54-52(47)50)42-26-22-35(23-27-42)41-21-20-37-25-28-45-44-17-7-6-12-36(44)24-29-46(45)48(37)31-41/h1-33H. The lowest BCUT2D eigenvalue weighted by molar-refractivity contribution is 0.669. The first-order valence-electron chi connectivity index (χ1n) is 18.5. The molecule has 11 rings (SSSR count). The van der Waals surface area contributed by atoms with Crippen molar-refractivity contribution in [3.05, 3.63) is 200 Å². The van der Waals surface area contributed by atoms with Gasteiger partial charge >= 0.3 is 0 Å². The average molecular weight is 688 g/mol. The second-order valence-electron chi connectivity index (χ2n) is 14.1. The Morgan fingerprint density at radius 1 is 0.296 bits per heavy atom. The maximum absolute atomic E-state index is 6.78. The van der Waals surface area contributed by atoms with Crippen LogP contribution in [0.3, 0.4) is 0 Å². The van der Waals surface area contributed by atoms with Crippen LogP contribution in [0.15, 0.2) is 205 Å². The van der Waals surface area contributed by atoms with Gasteiger partial charge in [-0.3, -0.25) is 0 Å². The second-order valence-corrected chi connectivity index (χ2v) is 14.1. The summed E-state index contributed by atoms with van der Waals surface area (Å²) in [5, 5.41) is 12.2. The summed E-state index contributed by atoms with van der Waals surface area (Å²) in [7, 11) is 0. The minimum Gasteiger partial charge on any atom is -0.454 e. The number of nitrogens with zero attached hydrogens (tertiary/aromatic N) is 1. The van der Waals surface area contributed by atoms with Gasteiger partial charge in [0.2, 0.25) is 0 Å². The molecule has 0 saturated heterocycles.